The Morgan fingerprint density at radius 1 is 1.12 bits per heavy atom. The molecule has 0 radical (unpaired) electrons. The monoisotopic (exact) mass is 456 g/mol. The van der Waals surface area contributed by atoms with Gasteiger partial charge in [0.2, 0.25) is 0 Å². The Balaban J connectivity index is 0.00000312. The maximum atomic E-state index is 4.68. The van der Waals surface area contributed by atoms with Crippen molar-refractivity contribution in [3.63, 3.8) is 0 Å². The predicted octanol–water partition coefficient (Wildman–Crippen LogP) is 2.91. The van der Waals surface area contributed by atoms with Crippen LogP contribution in [-0.2, 0) is 19.5 Å². The number of hydrogen-bond donors (Lipinski definition) is 2. The Labute approximate surface area is 167 Å². The van der Waals surface area contributed by atoms with Gasteiger partial charge in [-0.2, -0.15) is 0 Å². The van der Waals surface area contributed by atoms with Crippen LogP contribution in [0, 0.1) is 6.92 Å². The summed E-state index contributed by atoms with van der Waals surface area (Å²) in [6.45, 7) is 9.53. The lowest BCUT2D eigenvalue weighted by Gasteiger charge is -2.13. The van der Waals surface area contributed by atoms with Crippen LogP contribution in [-0.4, -0.2) is 33.8 Å². The summed E-state index contributed by atoms with van der Waals surface area (Å²) in [6, 6.07) is 8.49. The SMILES string of the molecule is CCCNC(=NCc1ccc(C)cc1)NCCn1cnnc1CC.I. The highest BCUT2D eigenvalue weighted by Crippen LogP contribution is 2.04. The summed E-state index contributed by atoms with van der Waals surface area (Å²) in [5, 5.41) is 14.8. The molecule has 6 nitrogen and oxygen atoms in total. The summed E-state index contributed by atoms with van der Waals surface area (Å²) >= 11 is 0. The van der Waals surface area contributed by atoms with Gasteiger partial charge in [0.25, 0.3) is 0 Å². The lowest BCUT2D eigenvalue weighted by molar-refractivity contribution is 0.631. The first kappa shape index (κ1) is 21.4. The van der Waals surface area contributed by atoms with Crippen LogP contribution in [0.15, 0.2) is 35.6 Å². The molecular weight excluding hydrogens is 427 g/mol. The number of halogens is 1. The lowest BCUT2D eigenvalue weighted by Crippen LogP contribution is -2.39. The van der Waals surface area contributed by atoms with Gasteiger partial charge < -0.3 is 15.2 Å². The first-order valence-electron chi connectivity index (χ1n) is 8.67. The third-order valence-corrected chi connectivity index (χ3v) is 3.74. The molecule has 0 aliphatic heterocycles. The zero-order chi connectivity index (χ0) is 17.2. The van der Waals surface area contributed by atoms with Gasteiger partial charge in [-0.25, -0.2) is 4.99 Å². The fraction of sp³-hybridized carbons (Fsp3) is 0.500. The zero-order valence-corrected chi connectivity index (χ0v) is 17.7. The molecule has 1 heterocycles. The number of nitrogens with one attached hydrogen (secondary N) is 2. The maximum absolute atomic E-state index is 4.68. The van der Waals surface area contributed by atoms with Crippen LogP contribution in [0.3, 0.4) is 0 Å². The van der Waals surface area contributed by atoms with Gasteiger partial charge in [0.1, 0.15) is 12.2 Å². The fourth-order valence-corrected chi connectivity index (χ4v) is 2.32. The minimum Gasteiger partial charge on any atom is -0.356 e. The van der Waals surface area contributed by atoms with Crippen molar-refractivity contribution < 1.29 is 0 Å². The molecule has 1 aromatic carbocycles. The van der Waals surface area contributed by atoms with E-state index < -0.39 is 0 Å². The second kappa shape index (κ2) is 11.8. The number of nitrogens with zero attached hydrogens (tertiary/aromatic N) is 4. The van der Waals surface area contributed by atoms with Gasteiger partial charge in [-0.3, -0.25) is 0 Å². The summed E-state index contributed by atoms with van der Waals surface area (Å²) in [5.74, 6) is 1.86. The second-order valence-corrected chi connectivity index (χ2v) is 5.80. The molecule has 0 fully saturated rings. The van der Waals surface area contributed by atoms with Gasteiger partial charge in [0, 0.05) is 26.1 Å². The number of aromatic nitrogens is 3. The van der Waals surface area contributed by atoms with Crippen molar-refractivity contribution in [3.05, 3.63) is 47.5 Å². The van der Waals surface area contributed by atoms with Crippen LogP contribution in [0.4, 0.5) is 0 Å². The number of hydrogen-bond acceptors (Lipinski definition) is 3. The Morgan fingerprint density at radius 3 is 2.52 bits per heavy atom. The van der Waals surface area contributed by atoms with Crippen molar-refractivity contribution >= 4 is 29.9 Å². The summed E-state index contributed by atoms with van der Waals surface area (Å²) in [6.07, 6.45) is 3.74. The van der Waals surface area contributed by atoms with Gasteiger partial charge in [-0.05, 0) is 18.9 Å². The topological polar surface area (TPSA) is 67.1 Å². The minimum atomic E-state index is 0. The molecule has 2 N–H and O–H groups in total. The highest BCUT2D eigenvalue weighted by atomic mass is 127. The molecule has 0 bridgehead atoms. The maximum Gasteiger partial charge on any atom is 0.191 e. The highest BCUT2D eigenvalue weighted by Gasteiger charge is 2.02. The van der Waals surface area contributed by atoms with Gasteiger partial charge >= 0.3 is 0 Å². The molecule has 0 aliphatic carbocycles. The van der Waals surface area contributed by atoms with E-state index in [1.165, 1.54) is 11.1 Å². The molecular formula is C18H29IN6. The average molecular weight is 456 g/mol. The lowest BCUT2D eigenvalue weighted by atomic mass is 10.1. The third-order valence-electron chi connectivity index (χ3n) is 3.74. The van der Waals surface area contributed by atoms with Crippen LogP contribution in [0.2, 0.25) is 0 Å². The van der Waals surface area contributed by atoms with E-state index in [0.717, 1.165) is 44.3 Å². The third kappa shape index (κ3) is 7.41. The summed E-state index contributed by atoms with van der Waals surface area (Å²) in [5.41, 5.74) is 2.48. The Hall–Kier alpha value is -1.64. The zero-order valence-electron chi connectivity index (χ0n) is 15.3. The summed E-state index contributed by atoms with van der Waals surface area (Å²) < 4.78 is 2.07. The summed E-state index contributed by atoms with van der Waals surface area (Å²) in [4.78, 5) is 4.68. The van der Waals surface area contributed by atoms with E-state index in [9.17, 15) is 0 Å². The molecule has 0 aliphatic rings. The highest BCUT2D eigenvalue weighted by molar-refractivity contribution is 14.0. The van der Waals surface area contributed by atoms with E-state index in [1.807, 2.05) is 0 Å². The first-order chi connectivity index (χ1) is 11.7. The second-order valence-electron chi connectivity index (χ2n) is 5.80. The number of benzene rings is 1. The van der Waals surface area contributed by atoms with Crippen LogP contribution < -0.4 is 10.6 Å². The van der Waals surface area contributed by atoms with Gasteiger partial charge in [-0.15, -0.1) is 34.2 Å². The molecule has 25 heavy (non-hydrogen) atoms. The largest absolute Gasteiger partial charge is 0.356 e. The Morgan fingerprint density at radius 2 is 1.84 bits per heavy atom. The number of aryl methyl sites for hydroxylation is 2. The molecule has 0 amide bonds. The van der Waals surface area contributed by atoms with Crippen molar-refractivity contribution in [2.24, 2.45) is 4.99 Å². The van der Waals surface area contributed by atoms with Crippen molar-refractivity contribution in [3.8, 4) is 0 Å². The normalized spacial score (nSPS) is 11.1. The number of rotatable bonds is 8. The molecule has 0 unspecified atom stereocenters. The van der Waals surface area contributed by atoms with Crippen LogP contribution in [0.25, 0.3) is 0 Å². The molecule has 0 spiro atoms. The molecule has 1 aromatic heterocycles. The molecule has 0 saturated heterocycles. The van der Waals surface area contributed by atoms with Crippen molar-refractivity contribution in [2.75, 3.05) is 13.1 Å². The van der Waals surface area contributed by atoms with Gasteiger partial charge in [-0.1, -0.05) is 43.7 Å². The van der Waals surface area contributed by atoms with Crippen LogP contribution in [0.5, 0.6) is 0 Å². The average Bonchev–Trinajstić information content (AvgIpc) is 3.05. The number of guanidine groups is 1. The molecule has 0 atom stereocenters. The minimum absolute atomic E-state index is 0. The summed E-state index contributed by atoms with van der Waals surface area (Å²) in [7, 11) is 0. The Bertz CT molecular complexity index is 635. The predicted molar refractivity (Wildman–Crippen MR) is 113 cm³/mol. The van der Waals surface area contributed by atoms with Crippen molar-refractivity contribution in [1.29, 1.82) is 0 Å². The fourth-order valence-electron chi connectivity index (χ4n) is 2.32. The molecule has 2 aromatic rings. The smallest absolute Gasteiger partial charge is 0.191 e. The molecule has 138 valence electrons. The Kier molecular flexibility index (Phi) is 10.1. The first-order valence-corrected chi connectivity index (χ1v) is 8.67. The van der Waals surface area contributed by atoms with Crippen LogP contribution in [0.1, 0.15) is 37.2 Å². The standard InChI is InChI=1S/C18H28N6.HI/c1-4-10-19-18(21-13-16-8-6-15(3)7-9-16)20-11-12-24-14-22-23-17(24)5-2;/h6-9,14H,4-5,10-13H2,1-3H3,(H2,19,20,21);1H. The van der Waals surface area contributed by atoms with E-state index in [2.05, 4.69) is 75.4 Å². The quantitative estimate of drug-likeness (QED) is 0.364. The molecule has 2 rings (SSSR count). The van der Waals surface area contributed by atoms with E-state index in [1.54, 1.807) is 6.33 Å². The van der Waals surface area contributed by atoms with E-state index >= 15 is 0 Å². The van der Waals surface area contributed by atoms with E-state index in [0.29, 0.717) is 6.54 Å². The number of aliphatic imine (C=N–C) groups is 1. The molecule has 0 saturated carbocycles. The van der Waals surface area contributed by atoms with Crippen LogP contribution >= 0.6 is 24.0 Å². The van der Waals surface area contributed by atoms with E-state index in [4.69, 9.17) is 0 Å². The van der Waals surface area contributed by atoms with Gasteiger partial charge in [0.15, 0.2) is 5.96 Å². The van der Waals surface area contributed by atoms with Crippen molar-refractivity contribution in [2.45, 2.75) is 46.7 Å². The van der Waals surface area contributed by atoms with Gasteiger partial charge in [0.05, 0.1) is 6.54 Å². The molecule has 7 heteroatoms. The van der Waals surface area contributed by atoms with Crippen molar-refractivity contribution in [1.82, 2.24) is 25.4 Å². The van der Waals surface area contributed by atoms with E-state index in [-0.39, 0.29) is 24.0 Å².